The summed E-state index contributed by atoms with van der Waals surface area (Å²) < 4.78 is 0. The molecule has 2 aromatic heterocycles. The van der Waals surface area contributed by atoms with Gasteiger partial charge in [0.15, 0.2) is 0 Å². The van der Waals surface area contributed by atoms with Crippen LogP contribution in [-0.2, 0) is 0 Å². The number of thioether (sulfide) groups is 1. The standard InChI is InChI=1S/C11H11N5S/c1-17-11-8(9(12)15-16-11)10-13-6-4-2-3-5-7(6)14-10/h2-5H,1H3,(H,13,14)(H3,12,15,16). The lowest BCUT2D eigenvalue weighted by Crippen LogP contribution is -1.89. The monoisotopic (exact) mass is 245 g/mol. The van der Waals surface area contributed by atoms with Crippen LogP contribution in [0.15, 0.2) is 29.3 Å². The number of nitrogens with zero attached hydrogens (tertiary/aromatic N) is 2. The number of nitrogens with two attached hydrogens (primary N) is 1. The third kappa shape index (κ3) is 1.57. The molecule has 6 heteroatoms. The van der Waals surface area contributed by atoms with Gasteiger partial charge in [-0.2, -0.15) is 5.10 Å². The number of aromatic nitrogens is 4. The largest absolute Gasteiger partial charge is 0.383 e. The minimum Gasteiger partial charge on any atom is -0.383 e. The van der Waals surface area contributed by atoms with E-state index in [1.165, 1.54) is 11.8 Å². The molecule has 0 amide bonds. The second-order valence-electron chi connectivity index (χ2n) is 3.62. The normalized spacial score (nSPS) is 11.1. The predicted molar refractivity (Wildman–Crippen MR) is 69.9 cm³/mol. The minimum absolute atomic E-state index is 0.536. The van der Waals surface area contributed by atoms with Gasteiger partial charge in [0.2, 0.25) is 0 Å². The van der Waals surface area contributed by atoms with Crippen LogP contribution in [0.4, 0.5) is 5.82 Å². The molecular weight excluding hydrogens is 234 g/mol. The Morgan fingerprint density at radius 2 is 2.12 bits per heavy atom. The Morgan fingerprint density at radius 3 is 2.88 bits per heavy atom. The first-order valence-corrected chi connectivity index (χ1v) is 6.35. The lowest BCUT2D eigenvalue weighted by atomic mass is 10.3. The van der Waals surface area contributed by atoms with Gasteiger partial charge in [0, 0.05) is 0 Å². The summed E-state index contributed by atoms with van der Waals surface area (Å²) in [5.74, 6) is 1.29. The minimum atomic E-state index is 0.536. The third-order valence-electron chi connectivity index (χ3n) is 2.58. The Bertz CT molecular complexity index is 636. The molecule has 0 unspecified atom stereocenters. The van der Waals surface area contributed by atoms with E-state index < -0.39 is 0 Å². The maximum Gasteiger partial charge on any atom is 0.145 e. The number of H-pyrrole nitrogens is 2. The van der Waals surface area contributed by atoms with E-state index >= 15 is 0 Å². The predicted octanol–water partition coefficient (Wildman–Crippen LogP) is 2.26. The molecule has 2 heterocycles. The highest BCUT2D eigenvalue weighted by molar-refractivity contribution is 7.98. The molecule has 0 bridgehead atoms. The highest BCUT2D eigenvalue weighted by atomic mass is 32.2. The molecule has 0 aliphatic rings. The lowest BCUT2D eigenvalue weighted by Gasteiger charge is -1.96. The van der Waals surface area contributed by atoms with Crippen LogP contribution in [-0.4, -0.2) is 26.4 Å². The van der Waals surface area contributed by atoms with Crippen molar-refractivity contribution in [3.63, 3.8) is 0 Å². The molecule has 3 aromatic rings. The number of nitrogen functional groups attached to an aromatic ring is 1. The summed E-state index contributed by atoms with van der Waals surface area (Å²) in [6.07, 6.45) is 1.96. The summed E-state index contributed by atoms with van der Waals surface area (Å²) in [6, 6.07) is 7.88. The Kier molecular flexibility index (Phi) is 2.29. The first-order chi connectivity index (χ1) is 8.29. The van der Waals surface area contributed by atoms with Crippen molar-refractivity contribution in [1.82, 2.24) is 20.2 Å². The SMILES string of the molecule is CSc1n[nH]c(N)c1-c1nc2ccccc2[nH]1. The molecule has 0 atom stereocenters. The Labute approximate surface area is 102 Å². The van der Waals surface area contributed by atoms with Crippen LogP contribution in [0, 0.1) is 0 Å². The number of rotatable bonds is 2. The Hall–Kier alpha value is -1.95. The molecule has 0 fully saturated rings. The van der Waals surface area contributed by atoms with Crippen molar-refractivity contribution < 1.29 is 0 Å². The fourth-order valence-electron chi connectivity index (χ4n) is 1.79. The average Bonchev–Trinajstić information content (AvgIpc) is 2.91. The maximum atomic E-state index is 5.88. The van der Waals surface area contributed by atoms with Gasteiger partial charge in [0.1, 0.15) is 16.7 Å². The topological polar surface area (TPSA) is 83.4 Å². The summed E-state index contributed by atoms with van der Waals surface area (Å²) in [7, 11) is 0. The highest BCUT2D eigenvalue weighted by Crippen LogP contribution is 2.32. The van der Waals surface area contributed by atoms with Crippen molar-refractivity contribution in [1.29, 1.82) is 0 Å². The average molecular weight is 245 g/mol. The second-order valence-corrected chi connectivity index (χ2v) is 4.42. The number of aromatic amines is 2. The van der Waals surface area contributed by atoms with E-state index in [2.05, 4.69) is 20.2 Å². The number of nitrogens with one attached hydrogen (secondary N) is 2. The molecule has 0 radical (unpaired) electrons. The zero-order chi connectivity index (χ0) is 11.8. The summed E-state index contributed by atoms with van der Waals surface area (Å²) in [4.78, 5) is 7.76. The van der Waals surface area contributed by atoms with Gasteiger partial charge in [0.25, 0.3) is 0 Å². The quantitative estimate of drug-likeness (QED) is 0.605. The zero-order valence-electron chi connectivity index (χ0n) is 9.19. The summed E-state index contributed by atoms with van der Waals surface area (Å²) in [5.41, 5.74) is 8.64. The van der Waals surface area contributed by atoms with Gasteiger partial charge >= 0.3 is 0 Å². The van der Waals surface area contributed by atoms with Crippen molar-refractivity contribution in [3.8, 4) is 11.4 Å². The lowest BCUT2D eigenvalue weighted by molar-refractivity contribution is 1.01. The number of benzene rings is 1. The molecule has 0 saturated heterocycles. The summed E-state index contributed by atoms with van der Waals surface area (Å²) in [6.45, 7) is 0. The maximum absolute atomic E-state index is 5.88. The van der Waals surface area contributed by atoms with Crippen molar-refractivity contribution >= 4 is 28.6 Å². The van der Waals surface area contributed by atoms with Gasteiger partial charge < -0.3 is 10.7 Å². The first kappa shape index (κ1) is 10.2. The van der Waals surface area contributed by atoms with Crippen LogP contribution in [0.25, 0.3) is 22.4 Å². The molecule has 4 N–H and O–H groups in total. The van der Waals surface area contributed by atoms with Crippen LogP contribution in [0.5, 0.6) is 0 Å². The molecule has 0 spiro atoms. The third-order valence-corrected chi connectivity index (χ3v) is 3.26. The van der Waals surface area contributed by atoms with Crippen LogP contribution in [0.1, 0.15) is 0 Å². The van der Waals surface area contributed by atoms with E-state index in [1.807, 2.05) is 30.5 Å². The molecule has 3 rings (SSSR count). The number of imidazole rings is 1. The van der Waals surface area contributed by atoms with Gasteiger partial charge in [-0.05, 0) is 18.4 Å². The fraction of sp³-hybridized carbons (Fsp3) is 0.0909. The van der Waals surface area contributed by atoms with Crippen molar-refractivity contribution in [3.05, 3.63) is 24.3 Å². The summed E-state index contributed by atoms with van der Waals surface area (Å²) >= 11 is 1.54. The van der Waals surface area contributed by atoms with E-state index in [4.69, 9.17) is 5.73 Å². The van der Waals surface area contributed by atoms with Crippen LogP contribution < -0.4 is 5.73 Å². The van der Waals surface area contributed by atoms with E-state index in [1.54, 1.807) is 0 Å². The molecule has 5 nitrogen and oxygen atoms in total. The van der Waals surface area contributed by atoms with E-state index in [-0.39, 0.29) is 0 Å². The number of fused-ring (bicyclic) bond motifs is 1. The molecule has 86 valence electrons. The Morgan fingerprint density at radius 1 is 1.29 bits per heavy atom. The molecule has 0 aliphatic heterocycles. The van der Waals surface area contributed by atoms with E-state index in [9.17, 15) is 0 Å². The smallest absolute Gasteiger partial charge is 0.145 e. The van der Waals surface area contributed by atoms with E-state index in [0.29, 0.717) is 5.82 Å². The number of anilines is 1. The van der Waals surface area contributed by atoms with Gasteiger partial charge in [-0.25, -0.2) is 4.98 Å². The van der Waals surface area contributed by atoms with Gasteiger partial charge in [0.05, 0.1) is 16.6 Å². The van der Waals surface area contributed by atoms with Gasteiger partial charge in [-0.1, -0.05) is 12.1 Å². The zero-order valence-corrected chi connectivity index (χ0v) is 10.0. The van der Waals surface area contributed by atoms with E-state index in [0.717, 1.165) is 27.4 Å². The number of hydrogen-bond donors (Lipinski definition) is 3. The molecular formula is C11H11N5S. The van der Waals surface area contributed by atoms with Crippen molar-refractivity contribution in [2.75, 3.05) is 12.0 Å². The van der Waals surface area contributed by atoms with Crippen molar-refractivity contribution in [2.45, 2.75) is 5.03 Å². The molecule has 0 saturated carbocycles. The van der Waals surface area contributed by atoms with Crippen LogP contribution in [0.2, 0.25) is 0 Å². The van der Waals surface area contributed by atoms with Gasteiger partial charge in [-0.3, -0.25) is 5.10 Å². The van der Waals surface area contributed by atoms with Crippen molar-refractivity contribution in [2.24, 2.45) is 0 Å². The fourth-order valence-corrected chi connectivity index (χ4v) is 2.33. The first-order valence-electron chi connectivity index (χ1n) is 5.12. The molecule has 17 heavy (non-hydrogen) atoms. The number of hydrogen-bond acceptors (Lipinski definition) is 4. The van der Waals surface area contributed by atoms with Gasteiger partial charge in [-0.15, -0.1) is 11.8 Å². The Balaban J connectivity index is 2.23. The summed E-state index contributed by atoms with van der Waals surface area (Å²) in [5, 5.41) is 7.76. The second kappa shape index (κ2) is 3.81. The highest BCUT2D eigenvalue weighted by Gasteiger charge is 2.15. The number of para-hydroxylation sites is 2. The molecule has 1 aromatic carbocycles. The van der Waals surface area contributed by atoms with Crippen LogP contribution >= 0.6 is 11.8 Å². The molecule has 0 aliphatic carbocycles. The van der Waals surface area contributed by atoms with Crippen LogP contribution in [0.3, 0.4) is 0 Å².